The van der Waals surface area contributed by atoms with Gasteiger partial charge in [-0.3, -0.25) is 0 Å². The zero-order chi connectivity index (χ0) is 9.97. The lowest BCUT2D eigenvalue weighted by Gasteiger charge is -2.09. The average molecular weight is 195 g/mol. The fraction of sp³-hybridized carbons (Fsp3) is 0.700. The highest BCUT2D eigenvalue weighted by atomic mass is 16.5. The zero-order valence-electron chi connectivity index (χ0n) is 8.79. The van der Waals surface area contributed by atoms with Crippen LogP contribution in [0.15, 0.2) is 6.07 Å². The molecule has 1 fully saturated rings. The van der Waals surface area contributed by atoms with Crippen molar-refractivity contribution in [3.8, 4) is 5.88 Å². The van der Waals surface area contributed by atoms with Gasteiger partial charge < -0.3 is 10.1 Å². The number of aryl methyl sites for hydroxylation is 1. The van der Waals surface area contributed by atoms with Crippen LogP contribution >= 0.6 is 0 Å². The number of hydrogen-bond acceptors (Lipinski definition) is 3. The molecule has 0 atom stereocenters. The van der Waals surface area contributed by atoms with E-state index in [9.17, 15) is 0 Å². The molecule has 14 heavy (non-hydrogen) atoms. The molecule has 78 valence electrons. The van der Waals surface area contributed by atoms with E-state index in [0.29, 0.717) is 6.04 Å². The van der Waals surface area contributed by atoms with Crippen LogP contribution in [0.25, 0.3) is 0 Å². The van der Waals surface area contributed by atoms with Crippen molar-refractivity contribution in [2.24, 2.45) is 7.05 Å². The van der Waals surface area contributed by atoms with Crippen LogP contribution in [0.5, 0.6) is 5.88 Å². The maximum atomic E-state index is 5.15. The SMILES string of the molecule is COc1cc(NC2CCCC2)nn1C. The summed E-state index contributed by atoms with van der Waals surface area (Å²) in [5, 5.41) is 7.75. The van der Waals surface area contributed by atoms with E-state index in [1.807, 2.05) is 13.1 Å². The van der Waals surface area contributed by atoms with Crippen LogP contribution in [-0.2, 0) is 7.05 Å². The fourth-order valence-corrected chi connectivity index (χ4v) is 1.99. The third kappa shape index (κ3) is 1.84. The predicted molar refractivity (Wildman–Crippen MR) is 55.6 cm³/mol. The number of nitrogens with one attached hydrogen (secondary N) is 1. The van der Waals surface area contributed by atoms with Gasteiger partial charge in [0.25, 0.3) is 0 Å². The van der Waals surface area contributed by atoms with E-state index in [1.165, 1.54) is 25.7 Å². The van der Waals surface area contributed by atoms with Gasteiger partial charge in [-0.2, -0.15) is 5.10 Å². The molecule has 2 rings (SSSR count). The van der Waals surface area contributed by atoms with Crippen molar-refractivity contribution in [3.05, 3.63) is 6.07 Å². The summed E-state index contributed by atoms with van der Waals surface area (Å²) in [5.74, 6) is 1.72. The van der Waals surface area contributed by atoms with Gasteiger partial charge in [-0.1, -0.05) is 12.8 Å². The zero-order valence-corrected chi connectivity index (χ0v) is 8.79. The predicted octanol–water partition coefficient (Wildman–Crippen LogP) is 1.78. The number of rotatable bonds is 3. The first-order chi connectivity index (χ1) is 6.79. The molecule has 1 aliphatic rings. The first kappa shape index (κ1) is 9.37. The molecular weight excluding hydrogens is 178 g/mol. The van der Waals surface area contributed by atoms with E-state index < -0.39 is 0 Å². The van der Waals surface area contributed by atoms with E-state index >= 15 is 0 Å². The van der Waals surface area contributed by atoms with Crippen molar-refractivity contribution in [2.45, 2.75) is 31.7 Å². The lowest BCUT2D eigenvalue weighted by molar-refractivity contribution is 0.373. The van der Waals surface area contributed by atoms with E-state index in [1.54, 1.807) is 11.8 Å². The molecule has 0 unspecified atom stereocenters. The Morgan fingerprint density at radius 2 is 2.21 bits per heavy atom. The smallest absolute Gasteiger partial charge is 0.213 e. The monoisotopic (exact) mass is 195 g/mol. The number of nitrogens with zero attached hydrogens (tertiary/aromatic N) is 2. The third-order valence-corrected chi connectivity index (χ3v) is 2.75. The molecule has 0 aliphatic heterocycles. The quantitative estimate of drug-likeness (QED) is 0.799. The van der Waals surface area contributed by atoms with E-state index in [0.717, 1.165) is 11.7 Å². The highest BCUT2D eigenvalue weighted by Crippen LogP contribution is 2.23. The summed E-state index contributed by atoms with van der Waals surface area (Å²) in [6.45, 7) is 0. The summed E-state index contributed by atoms with van der Waals surface area (Å²) < 4.78 is 6.90. The number of methoxy groups -OCH3 is 1. The van der Waals surface area contributed by atoms with Gasteiger partial charge in [0.2, 0.25) is 5.88 Å². The van der Waals surface area contributed by atoms with Crippen molar-refractivity contribution in [1.29, 1.82) is 0 Å². The summed E-state index contributed by atoms with van der Waals surface area (Å²) in [6, 6.07) is 2.55. The number of aromatic nitrogens is 2. The first-order valence-corrected chi connectivity index (χ1v) is 5.14. The summed E-state index contributed by atoms with van der Waals surface area (Å²) >= 11 is 0. The van der Waals surface area contributed by atoms with Gasteiger partial charge in [-0.15, -0.1) is 0 Å². The molecule has 4 nitrogen and oxygen atoms in total. The summed E-state index contributed by atoms with van der Waals surface area (Å²) in [6.07, 6.45) is 5.20. The van der Waals surface area contributed by atoms with Gasteiger partial charge in [0.1, 0.15) is 0 Å². The maximum absolute atomic E-state index is 5.15. The molecule has 0 radical (unpaired) electrons. The molecule has 1 heterocycles. The highest BCUT2D eigenvalue weighted by Gasteiger charge is 2.16. The fourth-order valence-electron chi connectivity index (χ4n) is 1.99. The molecule has 0 saturated heterocycles. The second-order valence-corrected chi connectivity index (χ2v) is 3.82. The second kappa shape index (κ2) is 3.90. The van der Waals surface area contributed by atoms with Gasteiger partial charge in [0.15, 0.2) is 5.82 Å². The van der Waals surface area contributed by atoms with Crippen LogP contribution in [0.2, 0.25) is 0 Å². The summed E-state index contributed by atoms with van der Waals surface area (Å²) in [7, 11) is 3.55. The Morgan fingerprint density at radius 3 is 2.79 bits per heavy atom. The topological polar surface area (TPSA) is 39.1 Å². The van der Waals surface area contributed by atoms with Gasteiger partial charge in [0.05, 0.1) is 7.11 Å². The first-order valence-electron chi connectivity index (χ1n) is 5.14. The summed E-state index contributed by atoms with van der Waals surface area (Å²) in [5.41, 5.74) is 0. The normalized spacial score (nSPS) is 17.3. The average Bonchev–Trinajstić information content (AvgIpc) is 2.76. The molecule has 1 aromatic rings. The van der Waals surface area contributed by atoms with E-state index in [2.05, 4.69) is 10.4 Å². The van der Waals surface area contributed by atoms with E-state index in [4.69, 9.17) is 4.74 Å². The lowest BCUT2D eigenvalue weighted by atomic mass is 10.2. The minimum atomic E-state index is 0.606. The molecular formula is C10H17N3O. The van der Waals surface area contributed by atoms with Crippen molar-refractivity contribution < 1.29 is 4.74 Å². The number of anilines is 1. The highest BCUT2D eigenvalue weighted by molar-refractivity contribution is 5.39. The third-order valence-electron chi connectivity index (χ3n) is 2.75. The minimum absolute atomic E-state index is 0.606. The van der Waals surface area contributed by atoms with Crippen molar-refractivity contribution in [1.82, 2.24) is 9.78 Å². The Labute approximate surface area is 84.3 Å². The molecule has 4 heteroatoms. The van der Waals surface area contributed by atoms with Crippen LogP contribution in [0.1, 0.15) is 25.7 Å². The van der Waals surface area contributed by atoms with Crippen LogP contribution in [-0.4, -0.2) is 22.9 Å². The minimum Gasteiger partial charge on any atom is -0.481 e. The van der Waals surface area contributed by atoms with Crippen molar-refractivity contribution in [3.63, 3.8) is 0 Å². The lowest BCUT2D eigenvalue weighted by Crippen LogP contribution is -2.14. The van der Waals surface area contributed by atoms with Gasteiger partial charge in [0, 0.05) is 19.2 Å². The summed E-state index contributed by atoms with van der Waals surface area (Å²) in [4.78, 5) is 0. The molecule has 0 amide bonds. The van der Waals surface area contributed by atoms with Crippen molar-refractivity contribution >= 4 is 5.82 Å². The van der Waals surface area contributed by atoms with Gasteiger partial charge in [-0.05, 0) is 12.8 Å². The largest absolute Gasteiger partial charge is 0.481 e. The standard InChI is InChI=1S/C10H17N3O/c1-13-10(14-2)7-9(12-13)11-8-5-3-4-6-8/h7-8H,3-6H2,1-2H3,(H,11,12). The molecule has 1 aromatic heterocycles. The Balaban J connectivity index is 2.01. The molecule has 1 saturated carbocycles. The number of hydrogen-bond donors (Lipinski definition) is 1. The molecule has 0 spiro atoms. The van der Waals surface area contributed by atoms with Crippen LogP contribution in [0.3, 0.4) is 0 Å². The Kier molecular flexibility index (Phi) is 2.61. The molecule has 1 N–H and O–H groups in total. The van der Waals surface area contributed by atoms with Gasteiger partial charge in [-0.25, -0.2) is 4.68 Å². The Morgan fingerprint density at radius 1 is 1.50 bits per heavy atom. The molecule has 0 aromatic carbocycles. The maximum Gasteiger partial charge on any atom is 0.213 e. The number of ether oxygens (including phenoxy) is 1. The van der Waals surface area contributed by atoms with Gasteiger partial charge >= 0.3 is 0 Å². The van der Waals surface area contributed by atoms with E-state index in [-0.39, 0.29) is 0 Å². The Hall–Kier alpha value is -1.19. The Bertz CT molecular complexity index is 302. The second-order valence-electron chi connectivity index (χ2n) is 3.82. The molecule has 1 aliphatic carbocycles. The van der Waals surface area contributed by atoms with Crippen molar-refractivity contribution in [2.75, 3.05) is 12.4 Å². The van der Waals surface area contributed by atoms with Crippen LogP contribution in [0, 0.1) is 0 Å². The molecule has 0 bridgehead atoms. The van der Waals surface area contributed by atoms with Crippen LogP contribution in [0.4, 0.5) is 5.82 Å². The van der Waals surface area contributed by atoms with Crippen LogP contribution < -0.4 is 10.1 Å².